The maximum absolute atomic E-state index is 12.6. The third-order valence-electron chi connectivity index (χ3n) is 6.54. The summed E-state index contributed by atoms with van der Waals surface area (Å²) in [6.07, 6.45) is 4.88. The highest BCUT2D eigenvalue weighted by atomic mass is 16.5. The van der Waals surface area contributed by atoms with Crippen molar-refractivity contribution in [1.82, 2.24) is 15.3 Å². The van der Waals surface area contributed by atoms with Crippen LogP contribution >= 0.6 is 0 Å². The van der Waals surface area contributed by atoms with Crippen LogP contribution in [0.5, 0.6) is 11.5 Å². The molecule has 0 radical (unpaired) electrons. The molecule has 2 fully saturated rings. The fraction of sp³-hybridized carbons (Fsp3) is 0.400. The molecule has 0 bridgehead atoms. The monoisotopic (exact) mass is 462 g/mol. The predicted octanol–water partition coefficient (Wildman–Crippen LogP) is 3.65. The van der Waals surface area contributed by atoms with E-state index in [1.54, 1.807) is 20.5 Å². The Balaban J connectivity index is 1.22. The van der Waals surface area contributed by atoms with Gasteiger partial charge in [-0.25, -0.2) is 14.8 Å². The summed E-state index contributed by atoms with van der Waals surface area (Å²) in [7, 11) is 3.22. The van der Waals surface area contributed by atoms with Gasteiger partial charge in [-0.1, -0.05) is 0 Å². The standard InChI is InChI=1S/C25H30N6O3/c1-33-22-13-20-21(14-23(22)34-2)26-16-27-24(20)31-12-9-18(15-31)29-25(32)28-17-5-7-19(8-6-17)30-10-3-4-11-30/h5-8,13-14,16,18H,3-4,9-12,15H2,1-2H3,(H2,28,29,32). The Morgan fingerprint density at radius 2 is 1.71 bits per heavy atom. The van der Waals surface area contributed by atoms with E-state index in [9.17, 15) is 4.79 Å². The number of urea groups is 1. The zero-order valence-corrected chi connectivity index (χ0v) is 19.6. The summed E-state index contributed by atoms with van der Waals surface area (Å²) in [5.74, 6) is 2.09. The summed E-state index contributed by atoms with van der Waals surface area (Å²) >= 11 is 0. The van der Waals surface area contributed by atoms with E-state index in [4.69, 9.17) is 9.47 Å². The molecule has 2 aliphatic rings. The highest BCUT2D eigenvalue weighted by Crippen LogP contribution is 2.35. The first-order chi connectivity index (χ1) is 16.6. The molecule has 0 spiro atoms. The molecule has 178 valence electrons. The SMILES string of the molecule is COc1cc2ncnc(N3CCC(NC(=O)Nc4ccc(N5CCCC5)cc4)C3)c2cc1OC. The van der Waals surface area contributed by atoms with Crippen LogP contribution in [-0.4, -0.2) is 62.4 Å². The Labute approximate surface area is 199 Å². The van der Waals surface area contributed by atoms with Gasteiger partial charge in [0.25, 0.3) is 0 Å². The van der Waals surface area contributed by atoms with E-state index in [0.29, 0.717) is 18.0 Å². The van der Waals surface area contributed by atoms with E-state index in [1.807, 2.05) is 24.3 Å². The molecule has 0 saturated carbocycles. The molecule has 1 atom stereocenters. The van der Waals surface area contributed by atoms with Crippen molar-refractivity contribution in [3.05, 3.63) is 42.7 Å². The molecule has 0 aliphatic carbocycles. The number of aromatic nitrogens is 2. The molecule has 2 aromatic carbocycles. The summed E-state index contributed by atoms with van der Waals surface area (Å²) in [5.41, 5.74) is 2.79. The van der Waals surface area contributed by atoms with E-state index in [0.717, 1.165) is 48.5 Å². The van der Waals surface area contributed by atoms with Gasteiger partial charge in [0.1, 0.15) is 12.1 Å². The average molecular weight is 463 g/mol. The van der Waals surface area contributed by atoms with Crippen molar-refractivity contribution in [2.45, 2.75) is 25.3 Å². The van der Waals surface area contributed by atoms with Gasteiger partial charge in [0.05, 0.1) is 19.7 Å². The van der Waals surface area contributed by atoms with Crippen LogP contribution in [0, 0.1) is 0 Å². The van der Waals surface area contributed by atoms with Crippen LogP contribution in [0.2, 0.25) is 0 Å². The molecule has 1 aromatic heterocycles. The Morgan fingerprint density at radius 3 is 2.44 bits per heavy atom. The summed E-state index contributed by atoms with van der Waals surface area (Å²) < 4.78 is 10.9. The molecule has 9 nitrogen and oxygen atoms in total. The van der Waals surface area contributed by atoms with Gasteiger partial charge in [-0.2, -0.15) is 0 Å². The van der Waals surface area contributed by atoms with E-state index >= 15 is 0 Å². The van der Waals surface area contributed by atoms with Gasteiger partial charge in [0.15, 0.2) is 11.5 Å². The van der Waals surface area contributed by atoms with Crippen molar-refractivity contribution in [3.63, 3.8) is 0 Å². The number of carbonyl (C=O) groups excluding carboxylic acids is 1. The van der Waals surface area contributed by atoms with Gasteiger partial charge in [0, 0.05) is 55.0 Å². The van der Waals surface area contributed by atoms with Crippen LogP contribution in [-0.2, 0) is 0 Å². The largest absolute Gasteiger partial charge is 0.493 e. The summed E-state index contributed by atoms with van der Waals surface area (Å²) in [6.45, 7) is 3.67. The Bertz CT molecular complexity index is 1160. The molecule has 2 aliphatic heterocycles. The fourth-order valence-electron chi connectivity index (χ4n) is 4.78. The smallest absolute Gasteiger partial charge is 0.319 e. The first-order valence-corrected chi connectivity index (χ1v) is 11.7. The number of carbonyl (C=O) groups is 1. The van der Waals surface area contributed by atoms with Crippen molar-refractivity contribution >= 4 is 34.1 Å². The molecular weight excluding hydrogens is 432 g/mol. The van der Waals surface area contributed by atoms with Crippen molar-refractivity contribution in [2.24, 2.45) is 0 Å². The molecule has 3 heterocycles. The second-order valence-corrected chi connectivity index (χ2v) is 8.69. The maximum Gasteiger partial charge on any atom is 0.319 e. The lowest BCUT2D eigenvalue weighted by Crippen LogP contribution is -2.39. The molecule has 34 heavy (non-hydrogen) atoms. The minimum Gasteiger partial charge on any atom is -0.493 e. The molecule has 3 aromatic rings. The molecule has 1 unspecified atom stereocenters. The van der Waals surface area contributed by atoms with Crippen LogP contribution in [0.3, 0.4) is 0 Å². The number of hydrogen-bond acceptors (Lipinski definition) is 7. The average Bonchev–Trinajstić information content (AvgIpc) is 3.56. The van der Waals surface area contributed by atoms with Crippen LogP contribution in [0.1, 0.15) is 19.3 Å². The quantitative estimate of drug-likeness (QED) is 0.578. The Kier molecular flexibility index (Phi) is 6.24. The van der Waals surface area contributed by atoms with Gasteiger partial charge in [0.2, 0.25) is 0 Å². The number of nitrogens with one attached hydrogen (secondary N) is 2. The minimum absolute atomic E-state index is 0.0223. The van der Waals surface area contributed by atoms with E-state index in [2.05, 4.69) is 42.5 Å². The molecule has 5 rings (SSSR count). The number of fused-ring (bicyclic) bond motifs is 1. The minimum atomic E-state index is -0.195. The van der Waals surface area contributed by atoms with Gasteiger partial charge >= 0.3 is 6.03 Å². The van der Waals surface area contributed by atoms with E-state index < -0.39 is 0 Å². The van der Waals surface area contributed by atoms with Gasteiger partial charge in [-0.3, -0.25) is 0 Å². The van der Waals surface area contributed by atoms with Crippen molar-refractivity contribution < 1.29 is 14.3 Å². The molecular formula is C25H30N6O3. The molecule has 2 amide bonds. The lowest BCUT2D eigenvalue weighted by molar-refractivity contribution is 0.249. The fourth-order valence-corrected chi connectivity index (χ4v) is 4.78. The highest BCUT2D eigenvalue weighted by Gasteiger charge is 2.26. The van der Waals surface area contributed by atoms with Gasteiger partial charge in [-0.05, 0) is 49.6 Å². The lowest BCUT2D eigenvalue weighted by Gasteiger charge is -2.20. The number of amides is 2. The molecule has 9 heteroatoms. The number of benzene rings is 2. The second kappa shape index (κ2) is 9.62. The Morgan fingerprint density at radius 1 is 0.971 bits per heavy atom. The number of anilines is 3. The Hall–Kier alpha value is -3.75. The van der Waals surface area contributed by atoms with Crippen molar-refractivity contribution in [1.29, 1.82) is 0 Å². The maximum atomic E-state index is 12.6. The first-order valence-electron chi connectivity index (χ1n) is 11.7. The lowest BCUT2D eigenvalue weighted by atomic mass is 10.2. The van der Waals surface area contributed by atoms with Crippen molar-refractivity contribution in [2.75, 3.05) is 55.5 Å². The zero-order valence-electron chi connectivity index (χ0n) is 19.6. The summed E-state index contributed by atoms with van der Waals surface area (Å²) in [5, 5.41) is 6.94. The number of nitrogens with zero attached hydrogens (tertiary/aromatic N) is 4. The van der Waals surface area contributed by atoms with Crippen molar-refractivity contribution in [3.8, 4) is 11.5 Å². The summed E-state index contributed by atoms with van der Waals surface area (Å²) in [6, 6.07) is 11.7. The number of hydrogen-bond donors (Lipinski definition) is 2. The zero-order chi connectivity index (χ0) is 23.5. The number of rotatable bonds is 6. The van der Waals surface area contributed by atoms with Crippen LogP contribution < -0.4 is 29.9 Å². The van der Waals surface area contributed by atoms with Gasteiger partial charge < -0.3 is 29.9 Å². The highest BCUT2D eigenvalue weighted by molar-refractivity contribution is 5.92. The van der Waals surface area contributed by atoms with E-state index in [-0.39, 0.29) is 12.1 Å². The topological polar surface area (TPSA) is 91.9 Å². The second-order valence-electron chi connectivity index (χ2n) is 8.69. The predicted molar refractivity (Wildman–Crippen MR) is 133 cm³/mol. The van der Waals surface area contributed by atoms with Crippen LogP contribution in [0.25, 0.3) is 10.9 Å². The van der Waals surface area contributed by atoms with Crippen LogP contribution in [0.4, 0.5) is 22.0 Å². The first kappa shape index (κ1) is 22.1. The molecule has 2 saturated heterocycles. The number of methoxy groups -OCH3 is 2. The number of ether oxygens (including phenoxy) is 2. The third-order valence-corrected chi connectivity index (χ3v) is 6.54. The van der Waals surface area contributed by atoms with Crippen LogP contribution in [0.15, 0.2) is 42.7 Å². The third kappa shape index (κ3) is 4.50. The van der Waals surface area contributed by atoms with Gasteiger partial charge in [-0.15, -0.1) is 0 Å². The molecule has 2 N–H and O–H groups in total. The summed E-state index contributed by atoms with van der Waals surface area (Å²) in [4.78, 5) is 26.1. The van der Waals surface area contributed by atoms with E-state index in [1.165, 1.54) is 18.5 Å². The normalized spacial score (nSPS) is 17.8.